The molecule has 8 heterocycles. The molecule has 2 spiro atoms. The van der Waals surface area contributed by atoms with Crippen LogP contribution in [0.25, 0.3) is 0 Å². The molecule has 40 unspecified atom stereocenters. The topological polar surface area (TPSA) is 531 Å². The fourth-order valence-electron chi connectivity index (χ4n) is 19.3. The van der Waals surface area contributed by atoms with Gasteiger partial charge in [0.25, 0.3) is 0 Å². The predicted molar refractivity (Wildman–Crippen MR) is 323 cm³/mol. The maximum absolute atomic E-state index is 12.9. The monoisotopic (exact) mass is 1430 g/mol. The molecule has 8 saturated heterocycles. The van der Waals surface area contributed by atoms with Gasteiger partial charge < -0.3 is 163 Å². The lowest BCUT2D eigenvalue weighted by Crippen LogP contribution is -2.69. The molecule has 8 aliphatic heterocycles. The first-order valence-electron chi connectivity index (χ1n) is 34.7. The minimum Gasteiger partial charge on any atom is -0.430 e. The van der Waals surface area contributed by atoms with E-state index in [4.69, 9.17) is 66.3 Å². The minimum absolute atomic E-state index is 0.0290. The Labute approximate surface area is 570 Å². The van der Waals surface area contributed by atoms with Crippen LogP contribution in [0, 0.1) is 39.4 Å². The summed E-state index contributed by atoms with van der Waals surface area (Å²) in [7, 11) is 0. The third kappa shape index (κ3) is 12.4. The highest BCUT2D eigenvalue weighted by Crippen LogP contribution is 2.76. The number of allylic oxidation sites excluding steroid dienone is 2. The van der Waals surface area contributed by atoms with Gasteiger partial charge in [0.05, 0.1) is 63.4 Å². The molecule has 19 N–H and O–H groups in total. The number of aliphatic hydroxyl groups is 19. The normalized spacial score (nSPS) is 56.2. The summed E-state index contributed by atoms with van der Waals surface area (Å²) in [6, 6.07) is 0. The second-order valence-corrected chi connectivity index (χ2v) is 30.8. The predicted octanol–water partition coefficient (Wildman–Crippen LogP) is -6.89. The van der Waals surface area contributed by atoms with Crippen LogP contribution >= 0.6 is 0 Å². The Balaban J connectivity index is 0.771. The molecule has 4 aliphatic carbocycles. The van der Waals surface area contributed by atoms with Crippen molar-refractivity contribution in [1.29, 1.82) is 0 Å². The van der Waals surface area contributed by atoms with Gasteiger partial charge in [-0.05, 0) is 87.9 Å². The summed E-state index contributed by atoms with van der Waals surface area (Å²) in [6.07, 6.45) is -51.7. The van der Waals surface area contributed by atoms with E-state index in [0.717, 1.165) is 19.3 Å². The number of ether oxygens (including phenoxy) is 14. The second-order valence-electron chi connectivity index (χ2n) is 30.8. The van der Waals surface area contributed by atoms with Gasteiger partial charge in [0.15, 0.2) is 37.7 Å². The van der Waals surface area contributed by atoms with Crippen molar-refractivity contribution >= 4 is 5.97 Å². The summed E-state index contributed by atoms with van der Waals surface area (Å²) in [5.74, 6) is -2.80. The quantitative estimate of drug-likeness (QED) is 0.0475. The van der Waals surface area contributed by atoms with E-state index in [0.29, 0.717) is 38.5 Å². The van der Waals surface area contributed by atoms with E-state index in [-0.39, 0.29) is 23.9 Å². The number of carbonyl (C=O) groups excluding carboxylic acids is 1. The number of hydrogen-bond acceptors (Lipinski definition) is 34. The van der Waals surface area contributed by atoms with Crippen LogP contribution in [0.2, 0.25) is 0 Å². The first-order chi connectivity index (χ1) is 46.6. The molecule has 0 aromatic carbocycles. The highest BCUT2D eigenvalue weighted by atomic mass is 16.8. The van der Waals surface area contributed by atoms with Gasteiger partial charge in [-0.25, -0.2) is 0 Å². The van der Waals surface area contributed by atoms with Crippen molar-refractivity contribution in [3.05, 3.63) is 11.1 Å². The Morgan fingerprint density at radius 2 is 1.01 bits per heavy atom. The van der Waals surface area contributed by atoms with E-state index < -0.39 is 263 Å². The van der Waals surface area contributed by atoms with E-state index in [1.54, 1.807) is 6.92 Å². The maximum Gasteiger partial charge on any atom is 0.314 e. The Hall–Kier alpha value is -2.07. The van der Waals surface area contributed by atoms with Crippen LogP contribution in [0.3, 0.4) is 0 Å². The lowest BCUT2D eigenvalue weighted by molar-refractivity contribution is -0.414. The molecule has 0 bridgehead atoms. The summed E-state index contributed by atoms with van der Waals surface area (Å²) in [4.78, 5) is 12.9. The van der Waals surface area contributed by atoms with Crippen LogP contribution in [0.5, 0.6) is 0 Å². The highest BCUT2D eigenvalue weighted by Gasteiger charge is 2.76. The van der Waals surface area contributed by atoms with Crippen LogP contribution < -0.4 is 0 Å². The first kappa shape index (κ1) is 76.6. The van der Waals surface area contributed by atoms with Gasteiger partial charge in [-0.3, -0.25) is 4.79 Å². The smallest absolute Gasteiger partial charge is 0.314 e. The van der Waals surface area contributed by atoms with E-state index in [1.165, 1.54) is 18.1 Å². The van der Waals surface area contributed by atoms with E-state index >= 15 is 0 Å². The van der Waals surface area contributed by atoms with Crippen molar-refractivity contribution in [3.8, 4) is 0 Å². The summed E-state index contributed by atoms with van der Waals surface area (Å²) in [6.45, 7) is 9.17. The lowest BCUT2D eigenvalue weighted by Gasteiger charge is -2.63. The Bertz CT molecular complexity index is 2850. The van der Waals surface area contributed by atoms with E-state index in [1.807, 2.05) is 6.92 Å². The molecular weight excluding hydrogens is 1320 g/mol. The van der Waals surface area contributed by atoms with Crippen molar-refractivity contribution in [2.45, 2.75) is 308 Å². The van der Waals surface area contributed by atoms with Gasteiger partial charge >= 0.3 is 5.97 Å². The van der Waals surface area contributed by atoms with Gasteiger partial charge in [-0.1, -0.05) is 45.8 Å². The van der Waals surface area contributed by atoms with Gasteiger partial charge in [-0.15, -0.1) is 0 Å². The largest absolute Gasteiger partial charge is 0.430 e. The fourth-order valence-corrected chi connectivity index (χ4v) is 19.3. The van der Waals surface area contributed by atoms with Crippen LogP contribution in [0.15, 0.2) is 11.1 Å². The van der Waals surface area contributed by atoms with Gasteiger partial charge in [0.2, 0.25) is 5.79 Å². The number of rotatable bonds is 17. The van der Waals surface area contributed by atoms with Crippen LogP contribution in [-0.4, -0.2) is 344 Å². The fraction of sp³-hybridized carbons (Fsp3) is 0.954. The zero-order valence-electron chi connectivity index (χ0n) is 56.4. The van der Waals surface area contributed by atoms with Gasteiger partial charge in [-0.2, -0.15) is 0 Å². The maximum atomic E-state index is 12.9. The molecular formula is C65H104O34. The molecule has 0 amide bonds. The standard InChI is InChI=1S/C65H104O34/c1-23-16-65(52(84)24(2)53(85)98-65)99-64(23)15-14-62(6)27-8-9-33-60(4,26(27)10-13-63(62,64)7)12-11-34(61(33,5)22-69)93-55-46(82)43(79)39(75)32(92-55)21-87-57-49(36(72)28(70)20-86-57)96-59-51(97-54-45(81)41(77)35(71)25(3)88-54)48(40(76)31(19-68)91-59)94-58-50(44(80)38(74)30(18-67)90-58)95-56-47(83)42(78)37(73)29(17-66)89-56/h23-25,28-52,54-59,66-84H,8-22H2,1-7H3. The lowest BCUT2D eigenvalue weighted by atomic mass is 9.42. The van der Waals surface area contributed by atoms with E-state index in [2.05, 4.69) is 27.7 Å². The van der Waals surface area contributed by atoms with Crippen LogP contribution in [0.4, 0.5) is 0 Å². The SMILES string of the molecule is CC1OC(OC2C(OC3C(OCC4OC(OC5CCC6(C)C7=C(CCC6C5(C)CO)C5(C)CCC6(OC8(CC6C)OC(=O)C(C)C8O)C5(C)CC7)C(O)C(O)C4O)OCC(O)C3O)OC(CO)C(O)C2OC2OC(CO)C(O)C(O)C2OC2OC(CO)C(O)C(O)C2O)C(O)C(O)C1O. The molecule has 99 heavy (non-hydrogen) atoms. The molecule has 2 saturated carbocycles. The van der Waals surface area contributed by atoms with Crippen molar-refractivity contribution in [3.63, 3.8) is 0 Å². The van der Waals surface area contributed by atoms with Crippen molar-refractivity contribution in [2.24, 2.45) is 39.4 Å². The number of aliphatic hydroxyl groups excluding tert-OH is 19. The van der Waals surface area contributed by atoms with Gasteiger partial charge in [0.1, 0.15) is 140 Å². The summed E-state index contributed by atoms with van der Waals surface area (Å²) < 4.78 is 85.8. The number of carbonyl (C=O) groups is 1. The molecule has 568 valence electrons. The Morgan fingerprint density at radius 3 is 1.63 bits per heavy atom. The van der Waals surface area contributed by atoms with Gasteiger partial charge in [0, 0.05) is 17.3 Å². The summed E-state index contributed by atoms with van der Waals surface area (Å²) in [5.41, 5.74) is -0.0884. The van der Waals surface area contributed by atoms with E-state index in [9.17, 15) is 102 Å². The second kappa shape index (κ2) is 28.6. The molecule has 40 atom stereocenters. The van der Waals surface area contributed by atoms with Crippen molar-refractivity contribution in [1.82, 2.24) is 0 Å². The summed E-state index contributed by atoms with van der Waals surface area (Å²) in [5, 5.41) is 211. The first-order valence-corrected chi connectivity index (χ1v) is 34.7. The minimum atomic E-state index is -2.16. The van der Waals surface area contributed by atoms with Crippen LogP contribution in [-0.2, 0) is 71.1 Å². The molecule has 0 aromatic rings. The molecule has 12 aliphatic rings. The molecule has 34 nitrogen and oxygen atoms in total. The number of fused-ring (bicyclic) bond motifs is 5. The highest BCUT2D eigenvalue weighted by molar-refractivity contribution is 5.76. The zero-order chi connectivity index (χ0) is 71.9. The third-order valence-electron chi connectivity index (χ3n) is 25.6. The average molecular weight is 1430 g/mol. The summed E-state index contributed by atoms with van der Waals surface area (Å²) >= 11 is 0. The number of hydrogen-bond donors (Lipinski definition) is 19. The Morgan fingerprint density at radius 1 is 0.485 bits per heavy atom. The average Bonchev–Trinajstić information content (AvgIpc) is 1.52. The molecule has 10 fully saturated rings. The van der Waals surface area contributed by atoms with Crippen molar-refractivity contribution < 1.29 is 168 Å². The molecule has 0 aromatic heterocycles. The third-order valence-corrected chi connectivity index (χ3v) is 25.6. The zero-order valence-corrected chi connectivity index (χ0v) is 56.4. The van der Waals surface area contributed by atoms with Crippen LogP contribution in [0.1, 0.15) is 106 Å². The van der Waals surface area contributed by atoms with Crippen molar-refractivity contribution in [2.75, 3.05) is 39.6 Å². The Kier molecular flexibility index (Phi) is 22.1. The number of esters is 1. The molecule has 0 radical (unpaired) electrons. The molecule has 12 rings (SSSR count). The molecule has 34 heteroatoms.